The fourth-order valence-corrected chi connectivity index (χ4v) is 3.88. The number of carbonyl (C=O) groups is 2. The van der Waals surface area contributed by atoms with Gasteiger partial charge in [-0.2, -0.15) is 10.1 Å². The highest BCUT2D eigenvalue weighted by Gasteiger charge is 2.59. The van der Waals surface area contributed by atoms with Crippen molar-refractivity contribution in [1.82, 2.24) is 5.01 Å². The Morgan fingerprint density at radius 3 is 2.35 bits per heavy atom. The Kier molecular flexibility index (Phi) is 2.90. The molecule has 7 nitrogen and oxygen atoms in total. The molecule has 23 heavy (non-hydrogen) atoms. The fraction of sp³-hybridized carbons (Fsp3) is 0.312. The average Bonchev–Trinajstić information content (AvgIpc) is 3.21. The minimum Gasteiger partial charge on any atom is -0.272 e. The van der Waals surface area contributed by atoms with Crippen LogP contribution < -0.4 is 0 Å². The number of hydrogen-bond acceptors (Lipinski definition) is 5. The molecule has 4 unspecified atom stereocenters. The number of amides is 2. The van der Waals surface area contributed by atoms with Crippen molar-refractivity contribution in [2.45, 2.75) is 6.42 Å². The summed E-state index contributed by atoms with van der Waals surface area (Å²) in [5.41, 5.74) is 0.147. The number of fused-ring (bicyclic) bond motifs is 5. The van der Waals surface area contributed by atoms with E-state index in [1.54, 1.807) is 12.1 Å². The van der Waals surface area contributed by atoms with Gasteiger partial charge in [-0.15, -0.1) is 0 Å². The summed E-state index contributed by atoms with van der Waals surface area (Å²) in [7, 11) is 0. The first-order valence-corrected chi connectivity index (χ1v) is 7.41. The Labute approximate surface area is 131 Å². The lowest BCUT2D eigenvalue weighted by Gasteiger charge is -2.13. The standard InChI is InChI=1S/C16H13N3O4/c20-15-13-9-5-6-10(7-9)14(13)16(21)18(15)17-8-11-3-1-2-4-12(11)19(22)23/h1-6,8-10,13-14H,7H2/b17-8+. The van der Waals surface area contributed by atoms with Crippen LogP contribution in [0.2, 0.25) is 0 Å². The number of carbonyl (C=O) groups excluding carboxylic acids is 2. The monoisotopic (exact) mass is 311 g/mol. The quantitative estimate of drug-likeness (QED) is 0.279. The van der Waals surface area contributed by atoms with Gasteiger partial charge >= 0.3 is 0 Å². The third kappa shape index (κ3) is 1.93. The van der Waals surface area contributed by atoms with Crippen LogP contribution >= 0.6 is 0 Å². The highest BCUT2D eigenvalue weighted by atomic mass is 16.6. The number of imide groups is 1. The van der Waals surface area contributed by atoms with Gasteiger partial charge in [0.15, 0.2) is 0 Å². The Hall–Kier alpha value is -2.83. The zero-order chi connectivity index (χ0) is 16.1. The molecule has 1 heterocycles. The van der Waals surface area contributed by atoms with E-state index in [9.17, 15) is 19.7 Å². The molecule has 2 fully saturated rings. The number of hydrazone groups is 1. The highest BCUT2D eigenvalue weighted by Crippen LogP contribution is 2.52. The Balaban J connectivity index is 1.62. The van der Waals surface area contributed by atoms with Gasteiger partial charge in [-0.1, -0.05) is 24.3 Å². The van der Waals surface area contributed by atoms with Crippen molar-refractivity contribution in [3.63, 3.8) is 0 Å². The smallest absolute Gasteiger partial charge is 0.272 e. The van der Waals surface area contributed by atoms with E-state index >= 15 is 0 Å². The Morgan fingerprint density at radius 1 is 1.13 bits per heavy atom. The van der Waals surface area contributed by atoms with Crippen molar-refractivity contribution >= 4 is 23.7 Å². The predicted octanol–water partition coefficient (Wildman–Crippen LogP) is 1.74. The van der Waals surface area contributed by atoms with Gasteiger partial charge in [0.2, 0.25) is 0 Å². The zero-order valence-electron chi connectivity index (χ0n) is 12.0. The van der Waals surface area contributed by atoms with E-state index in [0.29, 0.717) is 0 Å². The van der Waals surface area contributed by atoms with E-state index in [2.05, 4.69) is 5.10 Å². The summed E-state index contributed by atoms with van der Waals surface area (Å²) in [4.78, 5) is 35.4. The summed E-state index contributed by atoms with van der Waals surface area (Å²) in [5, 5.41) is 15.8. The molecule has 1 aromatic rings. The molecule has 2 bridgehead atoms. The molecule has 0 spiro atoms. The van der Waals surface area contributed by atoms with Crippen molar-refractivity contribution in [3.05, 3.63) is 52.1 Å². The maximum Gasteiger partial charge on any atom is 0.278 e. The Bertz CT molecular complexity index is 755. The van der Waals surface area contributed by atoms with Crippen LogP contribution in [0, 0.1) is 33.8 Å². The van der Waals surface area contributed by atoms with Crippen molar-refractivity contribution in [1.29, 1.82) is 0 Å². The van der Waals surface area contributed by atoms with Gasteiger partial charge in [-0.3, -0.25) is 19.7 Å². The third-order valence-electron chi connectivity index (χ3n) is 4.89. The largest absolute Gasteiger partial charge is 0.278 e. The third-order valence-corrected chi connectivity index (χ3v) is 4.89. The van der Waals surface area contributed by atoms with Crippen LogP contribution in [0.5, 0.6) is 0 Å². The molecule has 7 heteroatoms. The first-order chi connectivity index (χ1) is 11.1. The molecule has 0 aromatic heterocycles. The van der Waals surface area contributed by atoms with Gasteiger partial charge < -0.3 is 0 Å². The summed E-state index contributed by atoms with van der Waals surface area (Å²) in [6, 6.07) is 6.07. The summed E-state index contributed by atoms with van der Waals surface area (Å²) in [5.74, 6) is -1.00. The summed E-state index contributed by atoms with van der Waals surface area (Å²) in [6.45, 7) is 0. The van der Waals surface area contributed by atoms with Crippen LogP contribution in [0.3, 0.4) is 0 Å². The molecule has 4 rings (SSSR count). The second-order valence-electron chi connectivity index (χ2n) is 6.05. The molecule has 3 aliphatic rings. The van der Waals surface area contributed by atoms with E-state index in [1.807, 2.05) is 12.2 Å². The molecule has 0 radical (unpaired) electrons. The Morgan fingerprint density at radius 2 is 1.74 bits per heavy atom. The van der Waals surface area contributed by atoms with Gasteiger partial charge in [0.05, 0.1) is 28.5 Å². The van der Waals surface area contributed by atoms with Gasteiger partial charge in [0, 0.05) is 6.07 Å². The second kappa shape index (κ2) is 4.84. The van der Waals surface area contributed by atoms with Crippen LogP contribution in [0.15, 0.2) is 41.5 Å². The number of nitro groups is 1. The first kappa shape index (κ1) is 13.8. The lowest BCUT2D eigenvalue weighted by atomic mass is 9.85. The van der Waals surface area contributed by atoms with E-state index in [1.165, 1.54) is 18.3 Å². The minimum atomic E-state index is -0.520. The van der Waals surface area contributed by atoms with Crippen molar-refractivity contribution in [3.8, 4) is 0 Å². The second-order valence-corrected chi connectivity index (χ2v) is 6.05. The van der Waals surface area contributed by atoms with Crippen LogP contribution in [0.25, 0.3) is 0 Å². The SMILES string of the molecule is O=C1C2C3C=CC(C3)C2C(=O)N1/N=C/c1ccccc1[N+](=O)[O-]. The molecule has 1 aromatic carbocycles. The zero-order valence-corrected chi connectivity index (χ0v) is 12.0. The van der Waals surface area contributed by atoms with Gasteiger partial charge in [0.25, 0.3) is 17.5 Å². The van der Waals surface area contributed by atoms with E-state index < -0.39 is 4.92 Å². The fourth-order valence-electron chi connectivity index (χ4n) is 3.88. The van der Waals surface area contributed by atoms with Crippen LogP contribution in [0.1, 0.15) is 12.0 Å². The molecule has 1 saturated carbocycles. The van der Waals surface area contributed by atoms with Gasteiger partial charge in [-0.05, 0) is 24.3 Å². The lowest BCUT2D eigenvalue weighted by Crippen LogP contribution is -2.28. The van der Waals surface area contributed by atoms with E-state index in [0.717, 1.165) is 11.4 Å². The van der Waals surface area contributed by atoms with Gasteiger partial charge in [0.1, 0.15) is 0 Å². The average molecular weight is 311 g/mol. The number of benzene rings is 1. The number of nitrogens with zero attached hydrogens (tertiary/aromatic N) is 3. The summed E-state index contributed by atoms with van der Waals surface area (Å²) >= 11 is 0. The van der Waals surface area contributed by atoms with Crippen molar-refractivity contribution in [2.75, 3.05) is 0 Å². The molecule has 0 N–H and O–H groups in total. The molecule has 116 valence electrons. The molecule has 2 amide bonds. The number of hydrogen-bond donors (Lipinski definition) is 0. The van der Waals surface area contributed by atoms with E-state index in [-0.39, 0.29) is 46.7 Å². The molecule has 2 aliphatic carbocycles. The van der Waals surface area contributed by atoms with Crippen LogP contribution in [0.4, 0.5) is 5.69 Å². The van der Waals surface area contributed by atoms with Crippen molar-refractivity contribution in [2.24, 2.45) is 28.8 Å². The number of nitro benzene ring substituents is 1. The highest BCUT2D eigenvalue weighted by molar-refractivity contribution is 6.07. The van der Waals surface area contributed by atoms with Crippen molar-refractivity contribution < 1.29 is 14.5 Å². The summed E-state index contributed by atoms with van der Waals surface area (Å²) < 4.78 is 0. The molecule has 1 saturated heterocycles. The topological polar surface area (TPSA) is 92.9 Å². The molecule has 4 atom stereocenters. The van der Waals surface area contributed by atoms with E-state index in [4.69, 9.17) is 0 Å². The maximum absolute atomic E-state index is 12.5. The lowest BCUT2D eigenvalue weighted by molar-refractivity contribution is -0.385. The molecular weight excluding hydrogens is 298 g/mol. The van der Waals surface area contributed by atoms with Gasteiger partial charge in [-0.25, -0.2) is 0 Å². The predicted molar refractivity (Wildman–Crippen MR) is 80.3 cm³/mol. The number of para-hydroxylation sites is 1. The number of rotatable bonds is 3. The maximum atomic E-state index is 12.5. The summed E-state index contributed by atoms with van der Waals surface area (Å²) in [6.07, 6.45) is 6.08. The van der Waals surface area contributed by atoms with Crippen LogP contribution in [-0.2, 0) is 9.59 Å². The van der Waals surface area contributed by atoms with Crippen LogP contribution in [-0.4, -0.2) is 28.0 Å². The normalized spacial score (nSPS) is 31.4. The minimum absolute atomic E-state index is 0.114. The number of allylic oxidation sites excluding steroid dienone is 2. The first-order valence-electron chi connectivity index (χ1n) is 7.41. The molecule has 1 aliphatic heterocycles. The molecular formula is C16H13N3O4.